The molecule has 2 aromatic carbocycles. The van der Waals surface area contributed by atoms with E-state index in [2.05, 4.69) is 19.2 Å². The Kier molecular flexibility index (Phi) is 5.39. The summed E-state index contributed by atoms with van der Waals surface area (Å²) in [4.78, 5) is 12.3. The van der Waals surface area contributed by atoms with Crippen molar-refractivity contribution in [1.82, 2.24) is 0 Å². The Hall–Kier alpha value is -2.75. The van der Waals surface area contributed by atoms with Crippen molar-refractivity contribution in [1.29, 1.82) is 0 Å². The molecule has 1 heterocycles. The zero-order valence-corrected chi connectivity index (χ0v) is 14.7. The molecule has 0 saturated carbocycles. The molecule has 1 amide bonds. The Balaban J connectivity index is 1.97. The lowest BCUT2D eigenvalue weighted by Crippen LogP contribution is -2.04. The number of amides is 1. The van der Waals surface area contributed by atoms with Crippen molar-refractivity contribution in [3.05, 3.63) is 53.6 Å². The lowest BCUT2D eigenvalue weighted by molar-refractivity contribution is -0.110. The van der Waals surface area contributed by atoms with Gasteiger partial charge in [-0.3, -0.25) is 4.79 Å². The number of nitrogens with one attached hydrogen (secondary N) is 1. The van der Waals surface area contributed by atoms with Crippen LogP contribution in [0.4, 0.5) is 5.69 Å². The van der Waals surface area contributed by atoms with E-state index in [1.54, 1.807) is 0 Å². The van der Waals surface area contributed by atoms with E-state index < -0.39 is 0 Å². The largest absolute Gasteiger partial charge is 0.493 e. The van der Waals surface area contributed by atoms with E-state index in [0.717, 1.165) is 41.2 Å². The predicted octanol–water partition coefficient (Wildman–Crippen LogP) is 4.76. The topological polar surface area (TPSA) is 47.6 Å². The molecule has 1 aliphatic rings. The molecular weight excluding hydrogens is 314 g/mol. The SMILES string of the molecule is CCCOc1ccc(C=C2C(=O)Nc3ccccc32)c(OCCC)c1. The average molecular weight is 337 g/mol. The van der Waals surface area contributed by atoms with Crippen LogP contribution in [0.1, 0.15) is 37.8 Å². The van der Waals surface area contributed by atoms with E-state index in [-0.39, 0.29) is 5.91 Å². The Morgan fingerprint density at radius 1 is 1.00 bits per heavy atom. The summed E-state index contributed by atoms with van der Waals surface area (Å²) in [6, 6.07) is 13.5. The summed E-state index contributed by atoms with van der Waals surface area (Å²) >= 11 is 0. The van der Waals surface area contributed by atoms with Gasteiger partial charge in [0.05, 0.1) is 13.2 Å². The highest BCUT2D eigenvalue weighted by molar-refractivity contribution is 6.35. The second-order valence-electron chi connectivity index (χ2n) is 5.95. The number of rotatable bonds is 7. The molecule has 4 nitrogen and oxygen atoms in total. The molecule has 4 heteroatoms. The third kappa shape index (κ3) is 3.85. The van der Waals surface area contributed by atoms with Crippen LogP contribution in [0.25, 0.3) is 11.6 Å². The first kappa shape index (κ1) is 17.1. The lowest BCUT2D eigenvalue weighted by atomic mass is 10.0. The summed E-state index contributed by atoms with van der Waals surface area (Å²) in [7, 11) is 0. The highest BCUT2D eigenvalue weighted by Gasteiger charge is 2.23. The van der Waals surface area contributed by atoms with Gasteiger partial charge >= 0.3 is 0 Å². The monoisotopic (exact) mass is 337 g/mol. The third-order valence-electron chi connectivity index (χ3n) is 3.93. The van der Waals surface area contributed by atoms with Crippen LogP contribution in [-0.4, -0.2) is 19.1 Å². The fraction of sp³-hybridized carbons (Fsp3) is 0.286. The quantitative estimate of drug-likeness (QED) is 0.741. The molecule has 0 aliphatic carbocycles. The van der Waals surface area contributed by atoms with Crippen LogP contribution in [0.3, 0.4) is 0 Å². The summed E-state index contributed by atoms with van der Waals surface area (Å²) < 4.78 is 11.6. The number of para-hydroxylation sites is 1. The highest BCUT2D eigenvalue weighted by Crippen LogP contribution is 2.35. The van der Waals surface area contributed by atoms with Gasteiger partial charge in [-0.1, -0.05) is 32.0 Å². The van der Waals surface area contributed by atoms with Crippen molar-refractivity contribution in [2.45, 2.75) is 26.7 Å². The van der Waals surface area contributed by atoms with Crippen molar-refractivity contribution >= 4 is 23.2 Å². The lowest BCUT2D eigenvalue weighted by Gasteiger charge is -2.12. The summed E-state index contributed by atoms with van der Waals surface area (Å²) in [5.74, 6) is 1.43. The van der Waals surface area contributed by atoms with Gasteiger partial charge in [0.15, 0.2) is 0 Å². The molecule has 0 fully saturated rings. The van der Waals surface area contributed by atoms with Gasteiger partial charge in [0.25, 0.3) is 5.91 Å². The highest BCUT2D eigenvalue weighted by atomic mass is 16.5. The average Bonchev–Trinajstić information content (AvgIpc) is 2.95. The van der Waals surface area contributed by atoms with Crippen molar-refractivity contribution < 1.29 is 14.3 Å². The Labute approximate surface area is 148 Å². The first-order chi connectivity index (χ1) is 12.2. The first-order valence-electron chi connectivity index (χ1n) is 8.75. The number of carbonyl (C=O) groups excluding carboxylic acids is 1. The molecule has 3 rings (SSSR count). The normalized spacial score (nSPS) is 14.3. The van der Waals surface area contributed by atoms with Crippen LogP contribution >= 0.6 is 0 Å². The van der Waals surface area contributed by atoms with E-state index in [9.17, 15) is 4.79 Å². The number of hydrogen-bond donors (Lipinski definition) is 1. The van der Waals surface area contributed by atoms with Crippen molar-refractivity contribution in [3.63, 3.8) is 0 Å². The van der Waals surface area contributed by atoms with Crippen molar-refractivity contribution in [2.24, 2.45) is 0 Å². The van der Waals surface area contributed by atoms with Gasteiger partial charge in [0.1, 0.15) is 11.5 Å². The maximum Gasteiger partial charge on any atom is 0.256 e. The molecule has 0 spiro atoms. The molecule has 0 unspecified atom stereocenters. The number of hydrogen-bond acceptors (Lipinski definition) is 3. The van der Waals surface area contributed by atoms with Gasteiger partial charge in [0.2, 0.25) is 0 Å². The van der Waals surface area contributed by atoms with Gasteiger partial charge in [-0.2, -0.15) is 0 Å². The van der Waals surface area contributed by atoms with Gasteiger partial charge in [-0.05, 0) is 37.1 Å². The third-order valence-corrected chi connectivity index (χ3v) is 3.93. The molecule has 0 atom stereocenters. The van der Waals surface area contributed by atoms with E-state index >= 15 is 0 Å². The zero-order chi connectivity index (χ0) is 17.6. The van der Waals surface area contributed by atoms with Crippen LogP contribution in [-0.2, 0) is 4.79 Å². The number of anilines is 1. The minimum absolute atomic E-state index is 0.0889. The number of fused-ring (bicyclic) bond motifs is 1. The molecule has 130 valence electrons. The molecule has 2 aromatic rings. The fourth-order valence-corrected chi connectivity index (χ4v) is 2.72. The van der Waals surface area contributed by atoms with Gasteiger partial charge < -0.3 is 14.8 Å². The first-order valence-corrected chi connectivity index (χ1v) is 8.75. The molecule has 1 aliphatic heterocycles. The van der Waals surface area contributed by atoms with Gasteiger partial charge in [-0.15, -0.1) is 0 Å². The van der Waals surface area contributed by atoms with Crippen molar-refractivity contribution in [3.8, 4) is 11.5 Å². The molecule has 0 saturated heterocycles. The molecule has 25 heavy (non-hydrogen) atoms. The molecule has 1 N–H and O–H groups in total. The summed E-state index contributed by atoms with van der Waals surface area (Å²) in [6.07, 6.45) is 3.75. The Morgan fingerprint density at radius 3 is 2.56 bits per heavy atom. The Bertz CT molecular complexity index is 795. The van der Waals surface area contributed by atoms with E-state index in [0.29, 0.717) is 18.8 Å². The van der Waals surface area contributed by atoms with Crippen LogP contribution in [0, 0.1) is 0 Å². The van der Waals surface area contributed by atoms with Crippen LogP contribution in [0.2, 0.25) is 0 Å². The smallest absolute Gasteiger partial charge is 0.256 e. The second kappa shape index (κ2) is 7.88. The second-order valence-corrected chi connectivity index (χ2v) is 5.95. The van der Waals surface area contributed by atoms with Crippen LogP contribution in [0.5, 0.6) is 11.5 Å². The standard InChI is InChI=1S/C21H23NO3/c1-3-11-24-16-10-9-15(20(14-16)25-12-4-2)13-18-17-7-5-6-8-19(17)22-21(18)23/h5-10,13-14H,3-4,11-12H2,1-2H3,(H,22,23). The number of carbonyl (C=O) groups is 1. The summed E-state index contributed by atoms with van der Waals surface area (Å²) in [5.41, 5.74) is 3.29. The molecular formula is C21H23NO3. The molecule has 0 bridgehead atoms. The Morgan fingerprint density at radius 2 is 1.76 bits per heavy atom. The fourth-order valence-electron chi connectivity index (χ4n) is 2.72. The van der Waals surface area contributed by atoms with Crippen molar-refractivity contribution in [2.75, 3.05) is 18.5 Å². The number of ether oxygens (including phenoxy) is 2. The van der Waals surface area contributed by atoms with E-state index in [1.807, 2.05) is 48.5 Å². The van der Waals surface area contributed by atoms with E-state index in [1.165, 1.54) is 0 Å². The maximum absolute atomic E-state index is 12.3. The minimum atomic E-state index is -0.0889. The summed E-state index contributed by atoms with van der Waals surface area (Å²) in [5, 5.41) is 2.90. The van der Waals surface area contributed by atoms with Crippen LogP contribution in [0.15, 0.2) is 42.5 Å². The maximum atomic E-state index is 12.3. The summed E-state index contributed by atoms with van der Waals surface area (Å²) in [6.45, 7) is 5.43. The van der Waals surface area contributed by atoms with Gasteiger partial charge in [0, 0.05) is 28.5 Å². The van der Waals surface area contributed by atoms with E-state index in [4.69, 9.17) is 9.47 Å². The number of benzene rings is 2. The minimum Gasteiger partial charge on any atom is -0.493 e. The molecule has 0 aromatic heterocycles. The van der Waals surface area contributed by atoms with Gasteiger partial charge in [-0.25, -0.2) is 0 Å². The predicted molar refractivity (Wildman–Crippen MR) is 101 cm³/mol. The van der Waals surface area contributed by atoms with Crippen LogP contribution < -0.4 is 14.8 Å². The molecule has 0 radical (unpaired) electrons. The zero-order valence-electron chi connectivity index (χ0n) is 14.7.